The molecule has 1 aliphatic rings. The number of pyridine rings is 1. The van der Waals surface area contributed by atoms with Gasteiger partial charge in [-0.3, -0.25) is 9.20 Å². The minimum Gasteiger partial charge on any atom is -0.350 e. The molecule has 0 bridgehead atoms. The van der Waals surface area contributed by atoms with Crippen LogP contribution in [-0.2, 0) is 4.79 Å². The minimum atomic E-state index is -0.244. The number of nitrogens with one attached hydrogen (secondary N) is 1. The number of amides is 1. The number of hydrogen-bond acceptors (Lipinski definition) is 2. The Morgan fingerprint density at radius 3 is 2.73 bits per heavy atom. The molecule has 3 aromatic rings. The molecule has 130 valence electrons. The van der Waals surface area contributed by atoms with Gasteiger partial charge in [-0.2, -0.15) is 0 Å². The van der Waals surface area contributed by atoms with Crippen molar-refractivity contribution in [3.63, 3.8) is 0 Å². The summed E-state index contributed by atoms with van der Waals surface area (Å²) in [4.78, 5) is 15.7. The monoisotopic (exact) mass is 347 g/mol. The van der Waals surface area contributed by atoms with Crippen LogP contribution in [0.2, 0.25) is 0 Å². The van der Waals surface area contributed by atoms with Gasteiger partial charge in [-0.1, -0.05) is 30.4 Å². The van der Waals surface area contributed by atoms with Crippen molar-refractivity contribution in [3.05, 3.63) is 78.5 Å². The fourth-order valence-electron chi connectivity index (χ4n) is 3.19. The van der Waals surface area contributed by atoms with E-state index >= 15 is 0 Å². The third kappa shape index (κ3) is 3.16. The molecule has 1 amide bonds. The minimum absolute atomic E-state index is 0.0281. The van der Waals surface area contributed by atoms with E-state index in [0.717, 1.165) is 34.5 Å². The first-order valence-electron chi connectivity index (χ1n) is 8.49. The highest BCUT2D eigenvalue weighted by Crippen LogP contribution is 2.26. The van der Waals surface area contributed by atoms with Gasteiger partial charge in [-0.05, 0) is 47.4 Å². The maximum Gasteiger partial charge on any atom is 0.217 e. The van der Waals surface area contributed by atoms with Gasteiger partial charge < -0.3 is 5.32 Å². The molecule has 1 aliphatic carbocycles. The van der Waals surface area contributed by atoms with Crippen LogP contribution in [0.4, 0.5) is 4.39 Å². The van der Waals surface area contributed by atoms with Crippen molar-refractivity contribution >= 4 is 17.1 Å². The molecule has 1 atom stereocenters. The molecule has 1 N–H and O–H groups in total. The van der Waals surface area contributed by atoms with Gasteiger partial charge in [0.15, 0.2) is 0 Å². The van der Waals surface area contributed by atoms with Crippen molar-refractivity contribution in [2.75, 3.05) is 0 Å². The molecule has 0 fully saturated rings. The van der Waals surface area contributed by atoms with E-state index in [9.17, 15) is 9.18 Å². The number of carbonyl (C=O) groups is 1. The van der Waals surface area contributed by atoms with E-state index in [4.69, 9.17) is 0 Å². The molecule has 0 spiro atoms. The highest BCUT2D eigenvalue weighted by molar-refractivity contribution is 5.77. The quantitative estimate of drug-likeness (QED) is 0.779. The summed E-state index contributed by atoms with van der Waals surface area (Å²) in [6.07, 6.45) is 10.7. The van der Waals surface area contributed by atoms with Crippen LogP contribution >= 0.6 is 0 Å². The van der Waals surface area contributed by atoms with Crippen LogP contribution in [-0.4, -0.2) is 21.3 Å². The van der Waals surface area contributed by atoms with Crippen LogP contribution in [0.1, 0.15) is 19.0 Å². The smallest absolute Gasteiger partial charge is 0.217 e. The normalized spacial score (nSPS) is 16.5. The number of benzene rings is 1. The molecule has 0 saturated carbocycles. The molecule has 26 heavy (non-hydrogen) atoms. The number of carbonyl (C=O) groups excluding carboxylic acids is 1. The zero-order valence-corrected chi connectivity index (χ0v) is 14.3. The van der Waals surface area contributed by atoms with Crippen molar-refractivity contribution in [1.82, 2.24) is 14.7 Å². The molecule has 1 unspecified atom stereocenters. The largest absolute Gasteiger partial charge is 0.350 e. The number of allylic oxidation sites excluding steroid dienone is 2. The Morgan fingerprint density at radius 2 is 2.04 bits per heavy atom. The fraction of sp³-hybridized carbons (Fsp3) is 0.143. The standard InChI is InChI=1S/C21H18FN3O/c1-14(26)24-19-8-4-16(5-9-19)20-13-23-21-12-17(10-11-25(20)21)15-2-6-18(22)7-3-15/h2-8,10-13,19H,9H2,1H3,(H,24,26). The first kappa shape index (κ1) is 16.3. The highest BCUT2D eigenvalue weighted by atomic mass is 19.1. The van der Waals surface area contributed by atoms with Gasteiger partial charge in [0, 0.05) is 13.1 Å². The van der Waals surface area contributed by atoms with E-state index in [1.54, 1.807) is 12.1 Å². The lowest BCUT2D eigenvalue weighted by Gasteiger charge is -2.16. The van der Waals surface area contributed by atoms with E-state index < -0.39 is 0 Å². The average molecular weight is 347 g/mol. The topological polar surface area (TPSA) is 46.4 Å². The number of rotatable bonds is 3. The molecule has 2 aromatic heterocycles. The zero-order chi connectivity index (χ0) is 18.1. The summed E-state index contributed by atoms with van der Waals surface area (Å²) in [5.74, 6) is -0.272. The summed E-state index contributed by atoms with van der Waals surface area (Å²) in [5.41, 5.74) is 4.86. The lowest BCUT2D eigenvalue weighted by atomic mass is 10.0. The summed E-state index contributed by atoms with van der Waals surface area (Å²) < 4.78 is 15.1. The lowest BCUT2D eigenvalue weighted by molar-refractivity contribution is -0.119. The second-order valence-electron chi connectivity index (χ2n) is 6.36. The van der Waals surface area contributed by atoms with Crippen molar-refractivity contribution in [3.8, 4) is 11.1 Å². The maximum atomic E-state index is 13.1. The van der Waals surface area contributed by atoms with E-state index in [1.807, 2.05) is 41.1 Å². The number of hydrogen-bond donors (Lipinski definition) is 1. The first-order chi connectivity index (χ1) is 12.6. The second kappa shape index (κ2) is 6.59. The summed E-state index contributed by atoms with van der Waals surface area (Å²) >= 11 is 0. The number of imidazole rings is 1. The number of fused-ring (bicyclic) bond motifs is 1. The predicted octanol–water partition coefficient (Wildman–Crippen LogP) is 3.99. The van der Waals surface area contributed by atoms with Gasteiger partial charge in [-0.25, -0.2) is 9.37 Å². The highest BCUT2D eigenvalue weighted by Gasteiger charge is 2.13. The Balaban J connectivity index is 1.62. The summed E-state index contributed by atoms with van der Waals surface area (Å²) in [6, 6.07) is 10.5. The van der Waals surface area contributed by atoms with Gasteiger partial charge in [0.25, 0.3) is 0 Å². The number of nitrogens with zero attached hydrogens (tertiary/aromatic N) is 2. The molecular weight excluding hydrogens is 329 g/mol. The van der Waals surface area contributed by atoms with Crippen molar-refractivity contribution in [2.45, 2.75) is 19.4 Å². The van der Waals surface area contributed by atoms with Crippen molar-refractivity contribution in [2.24, 2.45) is 0 Å². The molecule has 4 rings (SSSR count). The lowest BCUT2D eigenvalue weighted by Crippen LogP contribution is -2.31. The van der Waals surface area contributed by atoms with Crippen LogP contribution in [0.15, 0.2) is 67.0 Å². The molecule has 2 heterocycles. The van der Waals surface area contributed by atoms with Gasteiger partial charge in [0.2, 0.25) is 5.91 Å². The number of halogens is 1. The Morgan fingerprint density at radius 1 is 1.23 bits per heavy atom. The molecule has 1 aromatic carbocycles. The molecular formula is C21H18FN3O. The summed E-state index contributed by atoms with van der Waals surface area (Å²) in [5, 5.41) is 2.89. The maximum absolute atomic E-state index is 13.1. The molecule has 4 nitrogen and oxygen atoms in total. The van der Waals surface area contributed by atoms with Crippen LogP contribution in [0.5, 0.6) is 0 Å². The third-order valence-corrected chi connectivity index (χ3v) is 4.47. The Hall–Kier alpha value is -3.21. The zero-order valence-electron chi connectivity index (χ0n) is 14.3. The second-order valence-corrected chi connectivity index (χ2v) is 6.36. The van der Waals surface area contributed by atoms with Crippen LogP contribution in [0.25, 0.3) is 22.3 Å². The van der Waals surface area contributed by atoms with Gasteiger partial charge in [0.1, 0.15) is 11.5 Å². The van der Waals surface area contributed by atoms with E-state index in [0.29, 0.717) is 0 Å². The van der Waals surface area contributed by atoms with Crippen LogP contribution in [0, 0.1) is 5.82 Å². The summed E-state index contributed by atoms with van der Waals surface area (Å²) in [6.45, 7) is 1.52. The van der Waals surface area contributed by atoms with E-state index in [1.165, 1.54) is 19.1 Å². The Bertz CT molecular complexity index is 1030. The van der Waals surface area contributed by atoms with Gasteiger partial charge >= 0.3 is 0 Å². The van der Waals surface area contributed by atoms with E-state index in [-0.39, 0.29) is 17.8 Å². The third-order valence-electron chi connectivity index (χ3n) is 4.47. The van der Waals surface area contributed by atoms with E-state index in [2.05, 4.69) is 16.4 Å². The van der Waals surface area contributed by atoms with Crippen molar-refractivity contribution < 1.29 is 9.18 Å². The van der Waals surface area contributed by atoms with Crippen LogP contribution < -0.4 is 5.32 Å². The summed E-state index contributed by atoms with van der Waals surface area (Å²) in [7, 11) is 0. The molecule has 0 aliphatic heterocycles. The number of aromatic nitrogens is 2. The molecule has 0 radical (unpaired) electrons. The van der Waals surface area contributed by atoms with Crippen LogP contribution in [0.3, 0.4) is 0 Å². The van der Waals surface area contributed by atoms with Crippen molar-refractivity contribution in [1.29, 1.82) is 0 Å². The van der Waals surface area contributed by atoms with Gasteiger partial charge in [-0.15, -0.1) is 0 Å². The molecule has 0 saturated heterocycles. The Kier molecular flexibility index (Phi) is 4.13. The van der Waals surface area contributed by atoms with Gasteiger partial charge in [0.05, 0.1) is 17.9 Å². The Labute approximate surface area is 150 Å². The predicted molar refractivity (Wildman–Crippen MR) is 99.9 cm³/mol. The average Bonchev–Trinajstić information content (AvgIpc) is 3.06. The molecule has 5 heteroatoms. The SMILES string of the molecule is CC(=O)NC1C=CC(c2cnc3cc(-c4ccc(F)cc4)ccn23)=CC1. The first-order valence-corrected chi connectivity index (χ1v) is 8.49. The fourth-order valence-corrected chi connectivity index (χ4v) is 3.19.